The van der Waals surface area contributed by atoms with Gasteiger partial charge in [-0.1, -0.05) is 41.9 Å². The van der Waals surface area contributed by atoms with Gasteiger partial charge in [-0.05, 0) is 35.9 Å². The molecule has 8 nitrogen and oxygen atoms in total. The van der Waals surface area contributed by atoms with Gasteiger partial charge in [-0.15, -0.1) is 0 Å². The molecule has 4 rings (SSSR count). The molecule has 162 valence electrons. The van der Waals surface area contributed by atoms with Crippen molar-refractivity contribution >= 4 is 34.2 Å². The summed E-state index contributed by atoms with van der Waals surface area (Å²) >= 11 is 6.03. The average Bonchev–Trinajstić information content (AvgIpc) is 2.80. The van der Waals surface area contributed by atoms with Gasteiger partial charge in [-0.25, -0.2) is 9.78 Å². The Hall–Kier alpha value is -3.91. The van der Waals surface area contributed by atoms with E-state index in [9.17, 15) is 14.4 Å². The number of benzene rings is 2. The molecule has 0 spiro atoms. The van der Waals surface area contributed by atoms with Crippen LogP contribution in [0.4, 0.5) is 5.69 Å². The maximum atomic E-state index is 13.2. The number of aromatic nitrogens is 3. The van der Waals surface area contributed by atoms with E-state index in [-0.39, 0.29) is 24.1 Å². The Morgan fingerprint density at radius 2 is 1.84 bits per heavy atom. The highest BCUT2D eigenvalue weighted by Gasteiger charge is 2.17. The number of ether oxygens (including phenoxy) is 1. The number of anilines is 1. The minimum atomic E-state index is -0.627. The van der Waals surface area contributed by atoms with Crippen molar-refractivity contribution in [3.8, 4) is 5.75 Å². The van der Waals surface area contributed by atoms with Crippen LogP contribution in [-0.4, -0.2) is 27.1 Å². The van der Waals surface area contributed by atoms with E-state index in [2.05, 4.69) is 10.3 Å². The number of carbonyl (C=O) groups excluding carboxylic acids is 1. The SMILES string of the molecule is COc1ccc(Cl)cc1NC(=O)Cn1c(=O)n(Cc2ccccc2)c(=O)c2cccnc21. The third-order valence-corrected chi connectivity index (χ3v) is 5.14. The fourth-order valence-electron chi connectivity index (χ4n) is 3.41. The Labute approximate surface area is 187 Å². The lowest BCUT2D eigenvalue weighted by atomic mass is 10.2. The Morgan fingerprint density at radius 3 is 2.59 bits per heavy atom. The molecule has 0 unspecified atom stereocenters. The first-order valence-corrected chi connectivity index (χ1v) is 10.1. The van der Waals surface area contributed by atoms with Crippen LogP contribution >= 0.6 is 11.6 Å². The van der Waals surface area contributed by atoms with Gasteiger partial charge < -0.3 is 10.1 Å². The van der Waals surface area contributed by atoms with Crippen LogP contribution in [0.5, 0.6) is 5.75 Å². The van der Waals surface area contributed by atoms with E-state index in [1.807, 2.05) is 30.3 Å². The third kappa shape index (κ3) is 4.26. The van der Waals surface area contributed by atoms with E-state index < -0.39 is 17.2 Å². The second-order valence-electron chi connectivity index (χ2n) is 7.01. The number of methoxy groups -OCH3 is 1. The maximum absolute atomic E-state index is 13.2. The van der Waals surface area contributed by atoms with Gasteiger partial charge in [-0.3, -0.25) is 18.7 Å². The van der Waals surface area contributed by atoms with Crippen LogP contribution in [0.15, 0.2) is 76.4 Å². The third-order valence-electron chi connectivity index (χ3n) is 4.90. The van der Waals surface area contributed by atoms with Crippen molar-refractivity contribution < 1.29 is 9.53 Å². The lowest BCUT2D eigenvalue weighted by molar-refractivity contribution is -0.116. The molecule has 2 aromatic heterocycles. The molecule has 2 heterocycles. The summed E-state index contributed by atoms with van der Waals surface area (Å²) in [5.74, 6) is -0.0725. The fraction of sp³-hybridized carbons (Fsp3) is 0.130. The van der Waals surface area contributed by atoms with Gasteiger partial charge in [0, 0.05) is 11.2 Å². The fourth-order valence-corrected chi connectivity index (χ4v) is 3.58. The zero-order valence-corrected chi connectivity index (χ0v) is 17.9. The van der Waals surface area contributed by atoms with Crippen molar-refractivity contribution in [2.24, 2.45) is 0 Å². The Kier molecular flexibility index (Phi) is 6.04. The van der Waals surface area contributed by atoms with Gasteiger partial charge >= 0.3 is 5.69 Å². The van der Waals surface area contributed by atoms with E-state index in [1.165, 1.54) is 17.9 Å². The van der Waals surface area contributed by atoms with Crippen molar-refractivity contribution in [2.75, 3.05) is 12.4 Å². The van der Waals surface area contributed by atoms with Gasteiger partial charge in [0.25, 0.3) is 5.56 Å². The number of fused-ring (bicyclic) bond motifs is 1. The Bertz CT molecular complexity index is 1410. The van der Waals surface area contributed by atoms with Crippen LogP contribution in [-0.2, 0) is 17.9 Å². The topological polar surface area (TPSA) is 95.2 Å². The number of nitrogens with zero attached hydrogens (tertiary/aromatic N) is 3. The maximum Gasteiger partial charge on any atom is 0.333 e. The summed E-state index contributed by atoms with van der Waals surface area (Å²) in [7, 11) is 1.47. The number of hydrogen-bond acceptors (Lipinski definition) is 5. The molecule has 2 aromatic carbocycles. The summed E-state index contributed by atoms with van der Waals surface area (Å²) < 4.78 is 7.54. The Morgan fingerprint density at radius 1 is 1.06 bits per heavy atom. The largest absolute Gasteiger partial charge is 0.495 e. The van der Waals surface area contributed by atoms with Crippen LogP contribution in [0.2, 0.25) is 5.02 Å². The minimum Gasteiger partial charge on any atom is -0.495 e. The predicted molar refractivity (Wildman–Crippen MR) is 122 cm³/mol. The number of nitrogens with one attached hydrogen (secondary N) is 1. The van der Waals surface area contributed by atoms with Gasteiger partial charge in [0.05, 0.1) is 24.7 Å². The molecule has 0 atom stereocenters. The molecular weight excluding hydrogens is 432 g/mol. The van der Waals surface area contributed by atoms with Crippen molar-refractivity contribution in [2.45, 2.75) is 13.1 Å². The standard InChI is InChI=1S/C23H19ClN4O4/c1-32-19-10-9-16(24)12-18(19)26-20(29)14-27-21-17(8-5-11-25-21)22(30)28(23(27)31)13-15-6-3-2-4-7-15/h2-12H,13-14H2,1H3,(H,26,29). The first kappa shape index (κ1) is 21.3. The second kappa shape index (κ2) is 9.07. The molecular formula is C23H19ClN4O4. The van der Waals surface area contributed by atoms with Crippen LogP contribution in [0.1, 0.15) is 5.56 Å². The van der Waals surface area contributed by atoms with E-state index >= 15 is 0 Å². The van der Waals surface area contributed by atoms with Crippen LogP contribution in [0.3, 0.4) is 0 Å². The van der Waals surface area contributed by atoms with Crippen molar-refractivity contribution in [1.82, 2.24) is 14.1 Å². The summed E-state index contributed by atoms with van der Waals surface area (Å²) in [4.78, 5) is 43.2. The number of carbonyl (C=O) groups is 1. The zero-order chi connectivity index (χ0) is 22.7. The number of amides is 1. The highest BCUT2D eigenvalue weighted by Crippen LogP contribution is 2.27. The smallest absolute Gasteiger partial charge is 0.333 e. The molecule has 1 N–H and O–H groups in total. The van der Waals surface area contributed by atoms with Gasteiger partial charge in [0.2, 0.25) is 5.91 Å². The van der Waals surface area contributed by atoms with Gasteiger partial charge in [0.15, 0.2) is 0 Å². The van der Waals surface area contributed by atoms with Crippen LogP contribution in [0.25, 0.3) is 11.0 Å². The lowest BCUT2D eigenvalue weighted by Gasteiger charge is -2.14. The molecule has 4 aromatic rings. The molecule has 32 heavy (non-hydrogen) atoms. The monoisotopic (exact) mass is 450 g/mol. The molecule has 0 fully saturated rings. The summed E-state index contributed by atoms with van der Waals surface area (Å²) in [6.45, 7) is -0.274. The molecule has 0 radical (unpaired) electrons. The van der Waals surface area contributed by atoms with E-state index in [4.69, 9.17) is 16.3 Å². The average molecular weight is 451 g/mol. The molecule has 0 aliphatic carbocycles. The van der Waals surface area contributed by atoms with Crippen LogP contribution in [0, 0.1) is 0 Å². The van der Waals surface area contributed by atoms with Crippen molar-refractivity contribution in [1.29, 1.82) is 0 Å². The molecule has 1 amide bonds. The van der Waals surface area contributed by atoms with Crippen LogP contribution < -0.4 is 21.3 Å². The van der Waals surface area contributed by atoms with E-state index in [0.717, 1.165) is 10.1 Å². The summed E-state index contributed by atoms with van der Waals surface area (Å²) in [5.41, 5.74) is 0.205. The molecule has 9 heteroatoms. The summed E-state index contributed by atoms with van der Waals surface area (Å²) in [6.07, 6.45) is 1.47. The summed E-state index contributed by atoms with van der Waals surface area (Å²) in [5, 5.41) is 3.37. The first-order valence-electron chi connectivity index (χ1n) is 9.73. The number of halogens is 1. The molecule has 0 saturated heterocycles. The molecule has 0 aliphatic rings. The van der Waals surface area contributed by atoms with E-state index in [0.29, 0.717) is 16.5 Å². The second-order valence-corrected chi connectivity index (χ2v) is 7.45. The quantitative estimate of drug-likeness (QED) is 0.487. The van der Waals surface area contributed by atoms with Gasteiger partial charge in [0.1, 0.15) is 17.9 Å². The molecule has 0 aliphatic heterocycles. The van der Waals surface area contributed by atoms with Gasteiger partial charge in [-0.2, -0.15) is 0 Å². The number of hydrogen-bond donors (Lipinski definition) is 1. The van der Waals surface area contributed by atoms with Crippen molar-refractivity contribution in [3.05, 3.63) is 98.3 Å². The normalized spacial score (nSPS) is 10.8. The molecule has 0 saturated carbocycles. The molecule has 0 bridgehead atoms. The summed E-state index contributed by atoms with van der Waals surface area (Å²) in [6, 6.07) is 17.2. The highest BCUT2D eigenvalue weighted by atomic mass is 35.5. The number of pyridine rings is 1. The van der Waals surface area contributed by atoms with E-state index in [1.54, 1.807) is 30.3 Å². The minimum absolute atomic E-state index is 0.0765. The lowest BCUT2D eigenvalue weighted by Crippen LogP contribution is -2.42. The number of rotatable bonds is 6. The predicted octanol–water partition coefficient (Wildman–Crippen LogP) is 2.91. The van der Waals surface area contributed by atoms with Crippen molar-refractivity contribution in [3.63, 3.8) is 0 Å². The highest BCUT2D eigenvalue weighted by molar-refractivity contribution is 6.31. The zero-order valence-electron chi connectivity index (χ0n) is 17.1. The Balaban J connectivity index is 1.75. The first-order chi connectivity index (χ1) is 15.5.